The van der Waals surface area contributed by atoms with E-state index in [2.05, 4.69) is 11.4 Å². The largest absolute Gasteiger partial charge is 0.330 e. The number of rotatable bonds is 4. The molecule has 1 amide bonds. The molecule has 0 saturated heterocycles. The zero-order valence-electron chi connectivity index (χ0n) is 11.1. The number of anilines is 1. The van der Waals surface area contributed by atoms with Gasteiger partial charge in [-0.1, -0.05) is 31.5 Å². The van der Waals surface area contributed by atoms with Crippen LogP contribution in [0, 0.1) is 25.7 Å². The first-order valence-corrected chi connectivity index (χ1v) is 6.04. The molecule has 0 spiro atoms. The monoisotopic (exact) mass is 234 g/mol. The molecule has 0 aliphatic carbocycles. The second kappa shape index (κ2) is 5.82. The molecular formula is C14H22N2O. The van der Waals surface area contributed by atoms with E-state index >= 15 is 0 Å². The highest BCUT2D eigenvalue weighted by Gasteiger charge is 2.20. The molecule has 0 aliphatic heterocycles. The Balaban J connectivity index is 2.80. The molecule has 0 fully saturated rings. The molecular weight excluding hydrogens is 212 g/mol. The summed E-state index contributed by atoms with van der Waals surface area (Å²) in [5, 5.41) is 2.95. The van der Waals surface area contributed by atoms with Gasteiger partial charge in [-0.2, -0.15) is 0 Å². The molecule has 1 rings (SSSR count). The zero-order valence-corrected chi connectivity index (χ0v) is 11.1. The van der Waals surface area contributed by atoms with Crippen molar-refractivity contribution in [3.05, 3.63) is 29.3 Å². The van der Waals surface area contributed by atoms with Gasteiger partial charge in [0.05, 0.1) is 5.92 Å². The predicted octanol–water partition coefficient (Wildman–Crippen LogP) is 2.47. The number of nitrogens with one attached hydrogen (secondary N) is 1. The van der Waals surface area contributed by atoms with E-state index in [1.165, 1.54) is 5.56 Å². The standard InChI is InChI=1S/C14H22N2O/c1-9(2)12(8-15)14(17)16-13-6-5-10(3)7-11(13)4/h5-7,9,12H,8,15H2,1-4H3,(H,16,17). The van der Waals surface area contributed by atoms with Crippen LogP contribution in [0.4, 0.5) is 5.69 Å². The third-order valence-electron chi connectivity index (χ3n) is 3.04. The molecule has 0 heterocycles. The third-order valence-corrected chi connectivity index (χ3v) is 3.04. The van der Waals surface area contributed by atoms with Crippen molar-refractivity contribution in [3.8, 4) is 0 Å². The van der Waals surface area contributed by atoms with E-state index in [-0.39, 0.29) is 17.7 Å². The number of hydrogen-bond acceptors (Lipinski definition) is 2. The second-order valence-electron chi connectivity index (χ2n) is 4.89. The van der Waals surface area contributed by atoms with Gasteiger partial charge in [-0.05, 0) is 31.4 Å². The van der Waals surface area contributed by atoms with Crippen molar-refractivity contribution in [2.24, 2.45) is 17.6 Å². The molecule has 1 aromatic rings. The summed E-state index contributed by atoms with van der Waals surface area (Å²) in [7, 11) is 0. The van der Waals surface area contributed by atoms with Crippen LogP contribution in [0.15, 0.2) is 18.2 Å². The van der Waals surface area contributed by atoms with Crippen LogP contribution in [0.25, 0.3) is 0 Å². The number of nitrogens with two attached hydrogens (primary N) is 1. The minimum atomic E-state index is -0.129. The summed E-state index contributed by atoms with van der Waals surface area (Å²) in [5.41, 5.74) is 8.78. The van der Waals surface area contributed by atoms with Gasteiger partial charge in [0.25, 0.3) is 0 Å². The van der Waals surface area contributed by atoms with E-state index in [4.69, 9.17) is 5.73 Å². The number of aryl methyl sites for hydroxylation is 2. The summed E-state index contributed by atoms with van der Waals surface area (Å²) in [5.74, 6) is 0.135. The molecule has 3 heteroatoms. The molecule has 3 N–H and O–H groups in total. The van der Waals surface area contributed by atoms with Crippen LogP contribution in [-0.4, -0.2) is 12.5 Å². The first kappa shape index (κ1) is 13.7. The highest BCUT2D eigenvalue weighted by molar-refractivity contribution is 5.93. The Morgan fingerprint density at radius 3 is 2.47 bits per heavy atom. The van der Waals surface area contributed by atoms with Crippen molar-refractivity contribution < 1.29 is 4.79 Å². The number of benzene rings is 1. The van der Waals surface area contributed by atoms with Gasteiger partial charge >= 0.3 is 0 Å². The molecule has 17 heavy (non-hydrogen) atoms. The van der Waals surface area contributed by atoms with E-state index in [0.717, 1.165) is 11.3 Å². The lowest BCUT2D eigenvalue weighted by Crippen LogP contribution is -2.33. The van der Waals surface area contributed by atoms with Gasteiger partial charge in [-0.15, -0.1) is 0 Å². The van der Waals surface area contributed by atoms with Crippen LogP contribution in [0.2, 0.25) is 0 Å². The Morgan fingerprint density at radius 2 is 2.00 bits per heavy atom. The fourth-order valence-electron chi connectivity index (χ4n) is 1.86. The van der Waals surface area contributed by atoms with E-state index in [1.807, 2.05) is 39.8 Å². The highest BCUT2D eigenvalue weighted by atomic mass is 16.1. The van der Waals surface area contributed by atoms with Gasteiger partial charge in [0.1, 0.15) is 0 Å². The lowest BCUT2D eigenvalue weighted by molar-refractivity contribution is -0.120. The Morgan fingerprint density at radius 1 is 1.35 bits per heavy atom. The number of amides is 1. The molecule has 0 saturated carbocycles. The minimum Gasteiger partial charge on any atom is -0.330 e. The molecule has 3 nitrogen and oxygen atoms in total. The van der Waals surface area contributed by atoms with Gasteiger partial charge in [0.2, 0.25) is 5.91 Å². The lowest BCUT2D eigenvalue weighted by atomic mass is 9.95. The SMILES string of the molecule is Cc1ccc(NC(=O)C(CN)C(C)C)c(C)c1. The summed E-state index contributed by atoms with van der Waals surface area (Å²) in [6.45, 7) is 8.44. The summed E-state index contributed by atoms with van der Waals surface area (Å²) in [4.78, 5) is 12.0. The van der Waals surface area contributed by atoms with E-state index in [1.54, 1.807) is 0 Å². The lowest BCUT2D eigenvalue weighted by Gasteiger charge is -2.19. The topological polar surface area (TPSA) is 55.1 Å². The van der Waals surface area contributed by atoms with Crippen molar-refractivity contribution in [3.63, 3.8) is 0 Å². The van der Waals surface area contributed by atoms with Crippen molar-refractivity contribution in [1.29, 1.82) is 0 Å². The van der Waals surface area contributed by atoms with Gasteiger partial charge in [-0.3, -0.25) is 4.79 Å². The Kier molecular flexibility index (Phi) is 4.70. The first-order chi connectivity index (χ1) is 7.95. The molecule has 0 radical (unpaired) electrons. The van der Waals surface area contributed by atoms with Crippen LogP contribution in [0.5, 0.6) is 0 Å². The van der Waals surface area contributed by atoms with Gasteiger partial charge in [-0.25, -0.2) is 0 Å². The normalized spacial score (nSPS) is 12.6. The van der Waals surface area contributed by atoms with Crippen molar-refractivity contribution in [2.45, 2.75) is 27.7 Å². The minimum absolute atomic E-state index is 0.00875. The zero-order chi connectivity index (χ0) is 13.0. The van der Waals surface area contributed by atoms with Crippen molar-refractivity contribution in [2.75, 3.05) is 11.9 Å². The van der Waals surface area contributed by atoms with E-state index in [0.29, 0.717) is 6.54 Å². The maximum Gasteiger partial charge on any atom is 0.229 e. The maximum absolute atomic E-state index is 12.0. The third kappa shape index (κ3) is 3.56. The van der Waals surface area contributed by atoms with Gasteiger partial charge < -0.3 is 11.1 Å². The molecule has 0 aliphatic rings. The molecule has 0 bridgehead atoms. The van der Waals surface area contributed by atoms with Crippen molar-refractivity contribution in [1.82, 2.24) is 0 Å². The Bertz CT molecular complexity index is 399. The average molecular weight is 234 g/mol. The first-order valence-electron chi connectivity index (χ1n) is 6.04. The number of hydrogen-bond donors (Lipinski definition) is 2. The molecule has 1 aromatic carbocycles. The molecule has 1 unspecified atom stereocenters. The summed E-state index contributed by atoms with van der Waals surface area (Å²) in [6, 6.07) is 5.99. The number of carbonyl (C=O) groups is 1. The van der Waals surface area contributed by atoms with Crippen LogP contribution in [0.3, 0.4) is 0 Å². The molecule has 1 atom stereocenters. The van der Waals surface area contributed by atoms with Crippen molar-refractivity contribution >= 4 is 11.6 Å². The molecule has 0 aromatic heterocycles. The second-order valence-corrected chi connectivity index (χ2v) is 4.89. The quantitative estimate of drug-likeness (QED) is 0.841. The van der Waals surface area contributed by atoms with Gasteiger partial charge in [0.15, 0.2) is 0 Å². The van der Waals surface area contributed by atoms with E-state index < -0.39 is 0 Å². The fourth-order valence-corrected chi connectivity index (χ4v) is 1.86. The Labute approximate surface area is 103 Å². The van der Waals surface area contributed by atoms with Crippen LogP contribution >= 0.6 is 0 Å². The Hall–Kier alpha value is -1.35. The summed E-state index contributed by atoms with van der Waals surface area (Å²) >= 11 is 0. The summed E-state index contributed by atoms with van der Waals surface area (Å²) in [6.07, 6.45) is 0. The van der Waals surface area contributed by atoms with Crippen LogP contribution in [-0.2, 0) is 4.79 Å². The highest BCUT2D eigenvalue weighted by Crippen LogP contribution is 2.18. The maximum atomic E-state index is 12.0. The predicted molar refractivity (Wildman–Crippen MR) is 71.9 cm³/mol. The number of carbonyl (C=O) groups excluding carboxylic acids is 1. The van der Waals surface area contributed by atoms with Crippen LogP contribution in [0.1, 0.15) is 25.0 Å². The fraction of sp³-hybridized carbons (Fsp3) is 0.500. The summed E-state index contributed by atoms with van der Waals surface area (Å²) < 4.78 is 0. The average Bonchev–Trinajstić information content (AvgIpc) is 2.22. The van der Waals surface area contributed by atoms with Crippen LogP contribution < -0.4 is 11.1 Å². The smallest absolute Gasteiger partial charge is 0.229 e. The molecule has 94 valence electrons. The van der Waals surface area contributed by atoms with E-state index in [9.17, 15) is 4.79 Å². The van der Waals surface area contributed by atoms with Gasteiger partial charge in [0, 0.05) is 12.2 Å².